The number of hydrazone groups is 1. The van der Waals surface area contributed by atoms with Gasteiger partial charge in [0.1, 0.15) is 11.7 Å². The molecule has 0 aliphatic carbocycles. The molecule has 0 fully saturated rings. The van der Waals surface area contributed by atoms with Crippen LogP contribution < -0.4 is 0 Å². The zero-order valence-electron chi connectivity index (χ0n) is 5.53. The molecule has 1 aliphatic heterocycles. The molecule has 0 saturated heterocycles. The fourth-order valence-electron chi connectivity index (χ4n) is 0.696. The second-order valence-electron chi connectivity index (χ2n) is 2.12. The fraction of sp³-hybridized carbons (Fsp3) is 0.500. The summed E-state index contributed by atoms with van der Waals surface area (Å²) < 4.78 is 1.64. The van der Waals surface area contributed by atoms with E-state index in [1.54, 1.807) is 31.1 Å². The van der Waals surface area contributed by atoms with Crippen LogP contribution in [0.5, 0.6) is 0 Å². The number of rotatable bonds is 1. The molecule has 0 amide bonds. The van der Waals surface area contributed by atoms with E-state index < -0.39 is 0 Å². The summed E-state index contributed by atoms with van der Waals surface area (Å²) in [6.07, 6.45) is 3.42. The molecule has 1 rings (SSSR count). The molecule has 0 saturated carbocycles. The zero-order chi connectivity index (χ0) is 6.85. The first-order chi connectivity index (χ1) is 4.20. The molecule has 1 unspecified atom stereocenters. The van der Waals surface area contributed by atoms with E-state index in [1.807, 2.05) is 0 Å². The smallest absolute Gasteiger partial charge is 0.188 e. The number of carbonyl (C=O) groups excluding carboxylic acids is 1. The van der Waals surface area contributed by atoms with E-state index in [0.29, 0.717) is 0 Å². The molecular formula is C6H9N2O+. The van der Waals surface area contributed by atoms with Crippen LogP contribution in [0.25, 0.3) is 0 Å². The second kappa shape index (κ2) is 2.09. The summed E-state index contributed by atoms with van der Waals surface area (Å²) in [5.41, 5.74) is 0. The van der Waals surface area contributed by atoms with Crippen molar-refractivity contribution in [2.45, 2.75) is 6.92 Å². The lowest BCUT2D eigenvalue weighted by Crippen LogP contribution is -2.11. The molecule has 0 bridgehead atoms. The van der Waals surface area contributed by atoms with Crippen LogP contribution in [0.1, 0.15) is 6.92 Å². The summed E-state index contributed by atoms with van der Waals surface area (Å²) in [5.74, 6) is 0.0538. The number of ketones is 1. The number of hydrogen-bond donors (Lipinski definition) is 0. The largest absolute Gasteiger partial charge is 0.299 e. The van der Waals surface area contributed by atoms with Crippen molar-refractivity contribution in [1.82, 2.24) is 0 Å². The van der Waals surface area contributed by atoms with Gasteiger partial charge in [-0.1, -0.05) is 4.68 Å². The summed E-state index contributed by atoms with van der Waals surface area (Å²) in [5, 5.41) is 3.87. The minimum Gasteiger partial charge on any atom is -0.299 e. The van der Waals surface area contributed by atoms with Crippen LogP contribution >= 0.6 is 0 Å². The summed E-state index contributed by atoms with van der Waals surface area (Å²) in [6.45, 7) is 1.56. The average Bonchev–Trinajstić information content (AvgIpc) is 2.14. The van der Waals surface area contributed by atoms with Gasteiger partial charge >= 0.3 is 0 Å². The molecule has 0 aromatic heterocycles. The lowest BCUT2D eigenvalue weighted by Gasteiger charge is -1.86. The zero-order valence-corrected chi connectivity index (χ0v) is 5.53. The SMILES string of the molecule is CC(=O)C1C=N[N+](C)=C1. The Kier molecular flexibility index (Phi) is 1.42. The number of Topliss-reactive ketones (excluding diaryl/α,β-unsaturated/α-hetero) is 1. The third-order valence-electron chi connectivity index (χ3n) is 1.26. The van der Waals surface area contributed by atoms with E-state index in [2.05, 4.69) is 5.10 Å². The van der Waals surface area contributed by atoms with Gasteiger partial charge in [0, 0.05) is 0 Å². The Balaban J connectivity index is 2.70. The van der Waals surface area contributed by atoms with E-state index in [1.165, 1.54) is 0 Å². The molecule has 3 nitrogen and oxygen atoms in total. The quantitative estimate of drug-likeness (QED) is 0.450. The van der Waals surface area contributed by atoms with E-state index >= 15 is 0 Å². The molecule has 1 heterocycles. The van der Waals surface area contributed by atoms with Crippen LogP contribution in [0.4, 0.5) is 0 Å². The van der Waals surface area contributed by atoms with Gasteiger partial charge in [0.25, 0.3) is 0 Å². The van der Waals surface area contributed by atoms with Crippen molar-refractivity contribution in [2.75, 3.05) is 7.05 Å². The highest BCUT2D eigenvalue weighted by Crippen LogP contribution is 1.95. The Labute approximate surface area is 53.7 Å². The van der Waals surface area contributed by atoms with Crippen LogP contribution in [-0.2, 0) is 4.79 Å². The fourth-order valence-corrected chi connectivity index (χ4v) is 0.696. The first-order valence-electron chi connectivity index (χ1n) is 2.82. The molecule has 9 heavy (non-hydrogen) atoms. The van der Waals surface area contributed by atoms with Crippen LogP contribution in [0.15, 0.2) is 5.10 Å². The molecule has 1 atom stereocenters. The Morgan fingerprint density at radius 2 is 2.44 bits per heavy atom. The lowest BCUT2D eigenvalue weighted by atomic mass is 10.1. The number of hydrogen-bond acceptors (Lipinski definition) is 2. The van der Waals surface area contributed by atoms with Crippen molar-refractivity contribution in [2.24, 2.45) is 11.0 Å². The van der Waals surface area contributed by atoms with Gasteiger partial charge in [-0.3, -0.25) is 4.79 Å². The highest BCUT2D eigenvalue weighted by molar-refractivity contribution is 6.07. The van der Waals surface area contributed by atoms with Gasteiger partial charge in [0.15, 0.2) is 13.3 Å². The van der Waals surface area contributed by atoms with Crippen LogP contribution in [0, 0.1) is 5.92 Å². The predicted molar refractivity (Wildman–Crippen MR) is 34.9 cm³/mol. The molecule has 48 valence electrons. The van der Waals surface area contributed by atoms with Crippen molar-refractivity contribution in [1.29, 1.82) is 0 Å². The lowest BCUT2D eigenvalue weighted by molar-refractivity contribution is -0.494. The topological polar surface area (TPSA) is 32.4 Å². The molecule has 0 spiro atoms. The third-order valence-corrected chi connectivity index (χ3v) is 1.26. The molecule has 0 N–H and O–H groups in total. The monoisotopic (exact) mass is 125 g/mol. The average molecular weight is 125 g/mol. The molecule has 1 aliphatic rings. The van der Waals surface area contributed by atoms with E-state index in [-0.39, 0.29) is 11.7 Å². The first-order valence-corrected chi connectivity index (χ1v) is 2.82. The molecule has 0 radical (unpaired) electrons. The van der Waals surface area contributed by atoms with Gasteiger partial charge in [-0.05, 0) is 12.0 Å². The second-order valence-corrected chi connectivity index (χ2v) is 2.12. The first kappa shape index (κ1) is 6.13. The van der Waals surface area contributed by atoms with Crippen molar-refractivity contribution in [3.63, 3.8) is 0 Å². The Bertz CT molecular complexity index is 193. The van der Waals surface area contributed by atoms with Crippen LogP contribution in [0.3, 0.4) is 0 Å². The van der Waals surface area contributed by atoms with E-state index in [9.17, 15) is 4.79 Å². The van der Waals surface area contributed by atoms with Gasteiger partial charge in [-0.25, -0.2) is 0 Å². The van der Waals surface area contributed by atoms with E-state index in [4.69, 9.17) is 0 Å². The van der Waals surface area contributed by atoms with Crippen molar-refractivity contribution in [3.05, 3.63) is 0 Å². The maximum absolute atomic E-state index is 10.6. The minimum atomic E-state index is -0.0880. The minimum absolute atomic E-state index is 0.0880. The maximum Gasteiger partial charge on any atom is 0.188 e. The standard InChI is InChI=1S/C6H9N2O/c1-5(9)6-3-7-8(2)4-6/h3-4,6H,1-2H3/q+1. The van der Waals surface area contributed by atoms with Crippen molar-refractivity contribution < 1.29 is 9.48 Å². The summed E-state index contributed by atoms with van der Waals surface area (Å²) in [7, 11) is 1.80. The maximum atomic E-state index is 10.6. The molecule has 0 aromatic carbocycles. The molecular weight excluding hydrogens is 116 g/mol. The van der Waals surface area contributed by atoms with Gasteiger partial charge in [0.05, 0.1) is 6.21 Å². The normalized spacial score (nSPS) is 24.2. The number of nitrogens with zero attached hydrogens (tertiary/aromatic N) is 2. The van der Waals surface area contributed by atoms with Gasteiger partial charge in [0.2, 0.25) is 0 Å². The van der Waals surface area contributed by atoms with Gasteiger partial charge in [-0.15, -0.1) is 0 Å². The van der Waals surface area contributed by atoms with Gasteiger partial charge in [-0.2, -0.15) is 0 Å². The summed E-state index contributed by atoms with van der Waals surface area (Å²) in [6, 6.07) is 0. The highest BCUT2D eigenvalue weighted by atomic mass is 16.1. The molecule has 0 aromatic rings. The van der Waals surface area contributed by atoms with E-state index in [0.717, 1.165) is 0 Å². The van der Waals surface area contributed by atoms with Crippen LogP contribution in [-0.4, -0.2) is 29.9 Å². The summed E-state index contributed by atoms with van der Waals surface area (Å²) >= 11 is 0. The predicted octanol–water partition coefficient (Wildman–Crippen LogP) is -0.0959. The third kappa shape index (κ3) is 1.22. The van der Waals surface area contributed by atoms with Crippen molar-refractivity contribution in [3.8, 4) is 0 Å². The summed E-state index contributed by atoms with van der Waals surface area (Å²) in [4.78, 5) is 10.6. The van der Waals surface area contributed by atoms with Gasteiger partial charge < -0.3 is 0 Å². The Morgan fingerprint density at radius 1 is 1.78 bits per heavy atom. The highest BCUT2D eigenvalue weighted by Gasteiger charge is 2.18. The number of carbonyl (C=O) groups is 1. The van der Waals surface area contributed by atoms with Crippen LogP contribution in [0.2, 0.25) is 0 Å². The molecule has 3 heteroatoms. The van der Waals surface area contributed by atoms with Crippen molar-refractivity contribution >= 4 is 18.2 Å². The Morgan fingerprint density at radius 3 is 2.67 bits per heavy atom. The Hall–Kier alpha value is -0.990.